The molecule has 2 rings (SSSR count). The SMILES string of the molecule is Cc1ccc(Cc2cccc(Cl)c2)cc1. The molecule has 2 aromatic rings. The quantitative estimate of drug-likeness (QED) is 0.705. The summed E-state index contributed by atoms with van der Waals surface area (Å²) in [4.78, 5) is 0. The average Bonchev–Trinajstić information content (AvgIpc) is 2.22. The van der Waals surface area contributed by atoms with Crippen LogP contribution in [-0.4, -0.2) is 0 Å². The van der Waals surface area contributed by atoms with E-state index in [4.69, 9.17) is 11.6 Å². The third-order valence-corrected chi connectivity index (χ3v) is 2.65. The molecule has 0 atom stereocenters. The Hall–Kier alpha value is -1.27. The minimum Gasteiger partial charge on any atom is -0.0843 e. The van der Waals surface area contributed by atoms with Crippen molar-refractivity contribution < 1.29 is 0 Å². The van der Waals surface area contributed by atoms with Crippen LogP contribution in [0.2, 0.25) is 5.02 Å². The van der Waals surface area contributed by atoms with E-state index in [9.17, 15) is 0 Å². The molecular formula is C14H13Cl. The Balaban J connectivity index is 2.18. The van der Waals surface area contributed by atoms with E-state index in [0.717, 1.165) is 11.4 Å². The van der Waals surface area contributed by atoms with E-state index in [2.05, 4.69) is 37.3 Å². The van der Waals surface area contributed by atoms with Gasteiger partial charge in [-0.2, -0.15) is 0 Å². The van der Waals surface area contributed by atoms with E-state index in [-0.39, 0.29) is 0 Å². The molecule has 0 amide bonds. The standard InChI is InChI=1S/C14H13Cl/c1-11-5-7-12(8-6-11)9-13-3-2-4-14(15)10-13/h2-8,10H,9H2,1H3. The molecule has 1 heteroatoms. The van der Waals surface area contributed by atoms with Crippen LogP contribution in [0.3, 0.4) is 0 Å². The van der Waals surface area contributed by atoms with Crippen LogP contribution < -0.4 is 0 Å². The van der Waals surface area contributed by atoms with Crippen molar-refractivity contribution in [2.45, 2.75) is 13.3 Å². The fourth-order valence-electron chi connectivity index (χ4n) is 1.59. The monoisotopic (exact) mass is 216 g/mol. The van der Waals surface area contributed by atoms with Crippen LogP contribution in [0.5, 0.6) is 0 Å². The zero-order valence-electron chi connectivity index (χ0n) is 8.70. The first-order chi connectivity index (χ1) is 7.24. The predicted molar refractivity (Wildman–Crippen MR) is 65.4 cm³/mol. The number of hydrogen-bond acceptors (Lipinski definition) is 0. The molecule has 0 aliphatic carbocycles. The third-order valence-electron chi connectivity index (χ3n) is 2.42. The van der Waals surface area contributed by atoms with Gasteiger partial charge in [-0.25, -0.2) is 0 Å². The molecule has 15 heavy (non-hydrogen) atoms. The van der Waals surface area contributed by atoms with Gasteiger partial charge in [-0.3, -0.25) is 0 Å². The molecular weight excluding hydrogens is 204 g/mol. The highest BCUT2D eigenvalue weighted by Gasteiger charge is 1.96. The van der Waals surface area contributed by atoms with Gasteiger partial charge in [0.2, 0.25) is 0 Å². The molecule has 0 nitrogen and oxygen atoms in total. The topological polar surface area (TPSA) is 0 Å². The van der Waals surface area contributed by atoms with E-state index in [1.165, 1.54) is 16.7 Å². The zero-order chi connectivity index (χ0) is 10.7. The number of benzene rings is 2. The summed E-state index contributed by atoms with van der Waals surface area (Å²) >= 11 is 5.94. The van der Waals surface area contributed by atoms with E-state index >= 15 is 0 Å². The van der Waals surface area contributed by atoms with E-state index in [1.54, 1.807) is 0 Å². The fourth-order valence-corrected chi connectivity index (χ4v) is 1.80. The number of rotatable bonds is 2. The van der Waals surface area contributed by atoms with Gasteiger partial charge in [0.05, 0.1) is 0 Å². The molecule has 0 fully saturated rings. The van der Waals surface area contributed by atoms with Crippen molar-refractivity contribution in [3.8, 4) is 0 Å². The molecule has 76 valence electrons. The summed E-state index contributed by atoms with van der Waals surface area (Å²) in [5, 5.41) is 0.805. The summed E-state index contributed by atoms with van der Waals surface area (Å²) in [6.45, 7) is 2.10. The minimum atomic E-state index is 0.805. The molecule has 0 spiro atoms. The molecule has 2 aromatic carbocycles. The first-order valence-corrected chi connectivity index (χ1v) is 5.42. The molecule has 0 aromatic heterocycles. The smallest absolute Gasteiger partial charge is 0.0408 e. The lowest BCUT2D eigenvalue weighted by Crippen LogP contribution is -1.87. The Labute approximate surface area is 95.5 Å². The molecule has 0 heterocycles. The summed E-state index contributed by atoms with van der Waals surface area (Å²) in [5.41, 5.74) is 3.87. The van der Waals surface area contributed by atoms with Crippen LogP contribution >= 0.6 is 11.6 Å². The lowest BCUT2D eigenvalue weighted by molar-refractivity contribution is 1.19. The van der Waals surface area contributed by atoms with Gasteiger partial charge in [-0.1, -0.05) is 53.6 Å². The lowest BCUT2D eigenvalue weighted by atomic mass is 10.0. The van der Waals surface area contributed by atoms with Gasteiger partial charge in [0.1, 0.15) is 0 Å². The number of hydrogen-bond donors (Lipinski definition) is 0. The van der Waals surface area contributed by atoms with E-state index in [0.29, 0.717) is 0 Å². The zero-order valence-corrected chi connectivity index (χ0v) is 9.46. The van der Waals surface area contributed by atoms with Gasteiger partial charge in [-0.15, -0.1) is 0 Å². The summed E-state index contributed by atoms with van der Waals surface area (Å²) < 4.78 is 0. The maximum atomic E-state index is 5.94. The Morgan fingerprint density at radius 3 is 2.33 bits per heavy atom. The average molecular weight is 217 g/mol. The normalized spacial score (nSPS) is 10.3. The van der Waals surface area contributed by atoms with Crippen molar-refractivity contribution in [1.29, 1.82) is 0 Å². The van der Waals surface area contributed by atoms with Crippen molar-refractivity contribution in [3.05, 3.63) is 70.2 Å². The van der Waals surface area contributed by atoms with Gasteiger partial charge >= 0.3 is 0 Å². The van der Waals surface area contributed by atoms with Crippen LogP contribution in [0.15, 0.2) is 48.5 Å². The lowest BCUT2D eigenvalue weighted by Gasteiger charge is -2.02. The van der Waals surface area contributed by atoms with Crippen molar-refractivity contribution in [2.75, 3.05) is 0 Å². The molecule has 0 aliphatic rings. The summed E-state index contributed by atoms with van der Waals surface area (Å²) in [6.07, 6.45) is 0.945. The molecule has 0 saturated carbocycles. The molecule has 0 N–H and O–H groups in total. The van der Waals surface area contributed by atoms with Crippen LogP contribution in [0.4, 0.5) is 0 Å². The Morgan fingerprint density at radius 1 is 0.933 bits per heavy atom. The first kappa shape index (κ1) is 10.3. The van der Waals surface area contributed by atoms with Gasteiger partial charge in [0.25, 0.3) is 0 Å². The summed E-state index contributed by atoms with van der Waals surface area (Å²) in [7, 11) is 0. The fraction of sp³-hybridized carbons (Fsp3) is 0.143. The van der Waals surface area contributed by atoms with Crippen molar-refractivity contribution in [3.63, 3.8) is 0 Å². The van der Waals surface area contributed by atoms with Gasteiger partial charge in [-0.05, 0) is 36.6 Å². The largest absolute Gasteiger partial charge is 0.0843 e. The molecule has 0 aliphatic heterocycles. The van der Waals surface area contributed by atoms with Crippen molar-refractivity contribution in [1.82, 2.24) is 0 Å². The van der Waals surface area contributed by atoms with Crippen molar-refractivity contribution in [2.24, 2.45) is 0 Å². The number of aryl methyl sites for hydroxylation is 1. The Morgan fingerprint density at radius 2 is 1.67 bits per heavy atom. The highest BCUT2D eigenvalue weighted by atomic mass is 35.5. The second kappa shape index (κ2) is 4.50. The van der Waals surface area contributed by atoms with Crippen LogP contribution in [0.1, 0.15) is 16.7 Å². The Bertz CT molecular complexity index is 443. The molecule has 0 saturated heterocycles. The van der Waals surface area contributed by atoms with Crippen molar-refractivity contribution >= 4 is 11.6 Å². The predicted octanol–water partition coefficient (Wildman–Crippen LogP) is 4.24. The van der Waals surface area contributed by atoms with Gasteiger partial charge in [0.15, 0.2) is 0 Å². The maximum absolute atomic E-state index is 5.94. The second-order valence-corrected chi connectivity index (χ2v) is 4.23. The van der Waals surface area contributed by atoms with Gasteiger partial charge in [0, 0.05) is 5.02 Å². The van der Waals surface area contributed by atoms with E-state index in [1.807, 2.05) is 18.2 Å². The van der Waals surface area contributed by atoms with Crippen LogP contribution in [0, 0.1) is 6.92 Å². The third kappa shape index (κ3) is 2.84. The highest BCUT2D eigenvalue weighted by molar-refractivity contribution is 6.30. The molecule has 0 radical (unpaired) electrons. The van der Waals surface area contributed by atoms with Crippen LogP contribution in [0.25, 0.3) is 0 Å². The molecule has 0 unspecified atom stereocenters. The molecule has 0 bridgehead atoms. The van der Waals surface area contributed by atoms with E-state index < -0.39 is 0 Å². The first-order valence-electron chi connectivity index (χ1n) is 5.04. The maximum Gasteiger partial charge on any atom is 0.0408 e. The highest BCUT2D eigenvalue weighted by Crippen LogP contribution is 2.15. The Kier molecular flexibility index (Phi) is 3.08. The second-order valence-electron chi connectivity index (χ2n) is 3.79. The summed E-state index contributed by atoms with van der Waals surface area (Å²) in [6, 6.07) is 16.6. The minimum absolute atomic E-state index is 0.805. The van der Waals surface area contributed by atoms with Gasteiger partial charge < -0.3 is 0 Å². The number of halogens is 1. The summed E-state index contributed by atoms with van der Waals surface area (Å²) in [5.74, 6) is 0. The van der Waals surface area contributed by atoms with Crippen LogP contribution in [-0.2, 0) is 6.42 Å².